The van der Waals surface area contributed by atoms with Crippen LogP contribution >= 0.6 is 23.2 Å². The third-order valence-electron chi connectivity index (χ3n) is 8.15. The Morgan fingerprint density at radius 3 is 2.15 bits per heavy atom. The molecule has 1 saturated carbocycles. The summed E-state index contributed by atoms with van der Waals surface area (Å²) in [5.74, 6) is 2.60. The molecule has 262 valence electrons. The summed E-state index contributed by atoms with van der Waals surface area (Å²) in [6.45, 7) is 7.08. The lowest BCUT2D eigenvalue weighted by molar-refractivity contribution is -0.137. The van der Waals surface area contributed by atoms with Gasteiger partial charge in [0.1, 0.15) is 31.3 Å². The highest BCUT2D eigenvalue weighted by Gasteiger charge is 2.36. The van der Waals surface area contributed by atoms with Crippen molar-refractivity contribution in [2.45, 2.75) is 58.0 Å². The Balaban J connectivity index is 0.000000237. The van der Waals surface area contributed by atoms with Gasteiger partial charge < -0.3 is 33.9 Å². The van der Waals surface area contributed by atoms with Crippen LogP contribution in [0.25, 0.3) is 0 Å². The van der Waals surface area contributed by atoms with Crippen molar-refractivity contribution < 1.29 is 28.5 Å². The van der Waals surface area contributed by atoms with Crippen molar-refractivity contribution in [1.82, 2.24) is 10.2 Å². The second-order valence-electron chi connectivity index (χ2n) is 12.2. The van der Waals surface area contributed by atoms with Gasteiger partial charge in [0.05, 0.1) is 22.6 Å². The van der Waals surface area contributed by atoms with E-state index < -0.39 is 0 Å². The Bertz CT molecular complexity index is 1350. The smallest absolute Gasteiger partial charge is 0.227 e. The van der Waals surface area contributed by atoms with Crippen molar-refractivity contribution in [3.63, 3.8) is 0 Å². The van der Waals surface area contributed by atoms with Crippen molar-refractivity contribution >= 4 is 29.1 Å². The molecule has 1 aliphatic heterocycles. The van der Waals surface area contributed by atoms with E-state index in [4.69, 9.17) is 46.9 Å². The molecule has 3 aromatic carbocycles. The van der Waals surface area contributed by atoms with E-state index in [1.54, 1.807) is 14.2 Å². The quantitative estimate of drug-likeness (QED) is 0.146. The zero-order valence-corrected chi connectivity index (χ0v) is 30.0. The average Bonchev–Trinajstić information content (AvgIpc) is 3.93. The summed E-state index contributed by atoms with van der Waals surface area (Å²) in [5.41, 5.74) is 3.38. The number of carbonyl (C=O) groups excluding carboxylic acids is 1. The van der Waals surface area contributed by atoms with Gasteiger partial charge in [0.15, 0.2) is 5.75 Å². The Labute approximate surface area is 295 Å². The van der Waals surface area contributed by atoms with Crippen molar-refractivity contribution in [2.24, 2.45) is 5.92 Å². The minimum absolute atomic E-state index is 0.117. The number of hydrogen-bond acceptors (Lipinski definition) is 7. The van der Waals surface area contributed by atoms with Gasteiger partial charge in [-0.3, -0.25) is 4.79 Å². The number of amides is 1. The first-order valence-electron chi connectivity index (χ1n) is 16.9. The number of halogens is 2. The molecule has 5 rings (SSSR count). The summed E-state index contributed by atoms with van der Waals surface area (Å²) in [6.07, 6.45) is 6.23. The second-order valence-corrected chi connectivity index (χ2v) is 13.0. The van der Waals surface area contributed by atoms with Crippen LogP contribution in [-0.2, 0) is 27.2 Å². The second kappa shape index (κ2) is 20.5. The van der Waals surface area contributed by atoms with Crippen LogP contribution < -0.4 is 19.5 Å². The van der Waals surface area contributed by atoms with Gasteiger partial charge >= 0.3 is 0 Å². The molecule has 1 saturated heterocycles. The highest BCUT2D eigenvalue weighted by molar-refractivity contribution is 6.37. The SMILES string of the molecule is COCCCc1cc(CN(C(=O)C2CCCNC2)C2CC2)cc(OCCOC)c1.Cc1cc(Cl)c(OCCOc2ccccc2)c(Cl)c1. The van der Waals surface area contributed by atoms with E-state index in [0.29, 0.717) is 60.7 Å². The summed E-state index contributed by atoms with van der Waals surface area (Å²) < 4.78 is 27.3. The number of piperidine rings is 1. The molecule has 1 atom stereocenters. The van der Waals surface area contributed by atoms with E-state index in [9.17, 15) is 4.79 Å². The normalized spacial score (nSPS) is 15.6. The van der Waals surface area contributed by atoms with E-state index in [-0.39, 0.29) is 5.92 Å². The van der Waals surface area contributed by atoms with Crippen LogP contribution in [0, 0.1) is 12.8 Å². The molecule has 1 amide bonds. The zero-order chi connectivity index (χ0) is 34.1. The highest BCUT2D eigenvalue weighted by Crippen LogP contribution is 2.34. The van der Waals surface area contributed by atoms with Gasteiger partial charge in [-0.25, -0.2) is 0 Å². The van der Waals surface area contributed by atoms with E-state index >= 15 is 0 Å². The van der Waals surface area contributed by atoms with Crippen molar-refractivity contribution in [3.8, 4) is 17.2 Å². The van der Waals surface area contributed by atoms with Crippen LogP contribution in [0.1, 0.15) is 48.8 Å². The number of rotatable bonds is 17. The molecule has 2 fully saturated rings. The van der Waals surface area contributed by atoms with Gasteiger partial charge in [0, 0.05) is 40.0 Å². The minimum atomic E-state index is 0.117. The standard InChI is InChI=1S/C23H36N2O4.C15H14Cl2O2/c1-27-10-4-5-18-13-19(15-22(14-18)29-12-11-28-2)17-25(21-7-8-21)23(26)20-6-3-9-24-16-20;1-11-9-13(16)15(14(17)10-11)19-8-7-18-12-5-3-2-4-6-12/h13-15,20-21,24H,3-12,16-17H2,1-2H3;2-6,9-10H,7-8H2,1H3. The third kappa shape index (κ3) is 12.8. The van der Waals surface area contributed by atoms with Gasteiger partial charge in [-0.1, -0.05) is 47.5 Å². The topological polar surface area (TPSA) is 78.5 Å². The van der Waals surface area contributed by atoms with Crippen molar-refractivity contribution in [1.29, 1.82) is 0 Å². The lowest BCUT2D eigenvalue weighted by atomic mass is 9.97. The fourth-order valence-electron chi connectivity index (χ4n) is 5.62. The summed E-state index contributed by atoms with van der Waals surface area (Å²) in [6, 6.07) is 20.0. The number of benzene rings is 3. The molecule has 0 bridgehead atoms. The monoisotopic (exact) mass is 700 g/mol. The lowest BCUT2D eigenvalue weighted by Crippen LogP contribution is -2.43. The highest BCUT2D eigenvalue weighted by atomic mass is 35.5. The number of nitrogens with zero attached hydrogens (tertiary/aromatic N) is 1. The number of ether oxygens (including phenoxy) is 5. The van der Waals surface area contributed by atoms with Crippen molar-refractivity contribution in [2.75, 3.05) is 60.3 Å². The third-order valence-corrected chi connectivity index (χ3v) is 8.71. The number of methoxy groups -OCH3 is 2. The van der Waals surface area contributed by atoms with Crippen LogP contribution in [0.15, 0.2) is 60.7 Å². The fraction of sp³-hybridized carbons (Fsp3) is 0.500. The summed E-state index contributed by atoms with van der Waals surface area (Å²) in [5, 5.41) is 4.41. The molecule has 1 heterocycles. The molecule has 1 N–H and O–H groups in total. The number of aryl methyl sites for hydroxylation is 2. The molecule has 1 aliphatic carbocycles. The Kier molecular flexibility index (Phi) is 16.1. The van der Waals surface area contributed by atoms with Crippen LogP contribution in [0.4, 0.5) is 0 Å². The number of carbonyl (C=O) groups is 1. The van der Waals surface area contributed by atoms with Gasteiger partial charge in [-0.05, 0) is 105 Å². The lowest BCUT2D eigenvalue weighted by Gasteiger charge is -2.30. The first kappa shape index (κ1) is 37.8. The molecule has 2 aliphatic rings. The molecular formula is C38H50Cl2N2O6. The van der Waals surface area contributed by atoms with Crippen LogP contribution in [0.3, 0.4) is 0 Å². The largest absolute Gasteiger partial charge is 0.491 e. The maximum Gasteiger partial charge on any atom is 0.227 e. The molecule has 10 heteroatoms. The number of nitrogens with one attached hydrogen (secondary N) is 1. The Hall–Kier alpha value is -3.01. The molecule has 1 unspecified atom stereocenters. The molecule has 0 radical (unpaired) electrons. The maximum absolute atomic E-state index is 13.2. The first-order valence-corrected chi connectivity index (χ1v) is 17.6. The average molecular weight is 702 g/mol. The van der Waals surface area contributed by atoms with Gasteiger partial charge in [-0.15, -0.1) is 0 Å². The summed E-state index contributed by atoms with van der Waals surface area (Å²) in [4.78, 5) is 15.3. The Morgan fingerprint density at radius 2 is 1.48 bits per heavy atom. The van der Waals surface area contributed by atoms with E-state index in [2.05, 4.69) is 28.4 Å². The minimum Gasteiger partial charge on any atom is -0.491 e. The first-order chi connectivity index (χ1) is 23.4. The van der Waals surface area contributed by atoms with E-state index in [0.717, 1.165) is 80.8 Å². The molecule has 0 spiro atoms. The fourth-order valence-corrected chi connectivity index (χ4v) is 6.33. The zero-order valence-electron chi connectivity index (χ0n) is 28.5. The van der Waals surface area contributed by atoms with E-state index in [1.807, 2.05) is 49.4 Å². The van der Waals surface area contributed by atoms with E-state index in [1.165, 1.54) is 5.56 Å². The van der Waals surface area contributed by atoms with Gasteiger partial charge in [0.2, 0.25) is 5.91 Å². The number of para-hydroxylation sites is 1. The molecule has 3 aromatic rings. The summed E-state index contributed by atoms with van der Waals surface area (Å²) in [7, 11) is 3.41. The van der Waals surface area contributed by atoms with Crippen molar-refractivity contribution in [3.05, 3.63) is 87.4 Å². The maximum atomic E-state index is 13.2. The van der Waals surface area contributed by atoms with Crippen LogP contribution in [-0.4, -0.2) is 77.2 Å². The number of hydrogen-bond donors (Lipinski definition) is 1. The van der Waals surface area contributed by atoms with Crippen LogP contribution in [0.5, 0.6) is 17.2 Å². The van der Waals surface area contributed by atoms with Crippen LogP contribution in [0.2, 0.25) is 10.0 Å². The molecule has 8 nitrogen and oxygen atoms in total. The van der Waals surface area contributed by atoms with Gasteiger partial charge in [0.25, 0.3) is 0 Å². The molecule has 48 heavy (non-hydrogen) atoms. The summed E-state index contributed by atoms with van der Waals surface area (Å²) >= 11 is 12.2. The molecule has 0 aromatic heterocycles. The molecular weight excluding hydrogens is 651 g/mol. The van der Waals surface area contributed by atoms with Gasteiger partial charge in [-0.2, -0.15) is 0 Å². The Morgan fingerprint density at radius 1 is 0.812 bits per heavy atom. The predicted octanol–water partition coefficient (Wildman–Crippen LogP) is 7.54. The predicted molar refractivity (Wildman–Crippen MR) is 192 cm³/mol.